The lowest BCUT2D eigenvalue weighted by molar-refractivity contribution is -0.132. The van der Waals surface area contributed by atoms with Gasteiger partial charge in [0.05, 0.1) is 28.8 Å². The van der Waals surface area contributed by atoms with Crippen molar-refractivity contribution in [3.63, 3.8) is 0 Å². The van der Waals surface area contributed by atoms with Gasteiger partial charge in [0.2, 0.25) is 0 Å². The van der Waals surface area contributed by atoms with Gasteiger partial charge >= 0.3 is 0 Å². The molecular formula is C24H16Cl2FNO4. The first-order chi connectivity index (χ1) is 15.3. The Labute approximate surface area is 193 Å². The average molecular weight is 472 g/mol. The molecule has 1 amide bonds. The van der Waals surface area contributed by atoms with Gasteiger partial charge in [0.1, 0.15) is 11.6 Å². The predicted molar refractivity (Wildman–Crippen MR) is 121 cm³/mol. The van der Waals surface area contributed by atoms with Gasteiger partial charge in [0, 0.05) is 11.3 Å². The first-order valence-electron chi connectivity index (χ1n) is 9.48. The van der Waals surface area contributed by atoms with Gasteiger partial charge < -0.3 is 9.84 Å². The number of hydrogen-bond acceptors (Lipinski definition) is 4. The van der Waals surface area contributed by atoms with E-state index in [-0.39, 0.29) is 26.9 Å². The smallest absolute Gasteiger partial charge is 0.300 e. The van der Waals surface area contributed by atoms with E-state index in [1.54, 1.807) is 30.3 Å². The summed E-state index contributed by atoms with van der Waals surface area (Å²) in [7, 11) is 1.40. The number of benzene rings is 3. The van der Waals surface area contributed by atoms with Crippen LogP contribution in [0.15, 0.2) is 72.3 Å². The van der Waals surface area contributed by atoms with Gasteiger partial charge in [-0.1, -0.05) is 53.5 Å². The van der Waals surface area contributed by atoms with Crippen LogP contribution in [0.3, 0.4) is 0 Å². The van der Waals surface area contributed by atoms with Gasteiger partial charge in [-0.05, 0) is 42.0 Å². The summed E-state index contributed by atoms with van der Waals surface area (Å²) < 4.78 is 18.6. The van der Waals surface area contributed by atoms with Crippen molar-refractivity contribution in [1.82, 2.24) is 0 Å². The number of carbonyl (C=O) groups is 2. The molecule has 0 spiro atoms. The molecule has 162 valence electrons. The molecule has 0 bridgehead atoms. The fourth-order valence-electron chi connectivity index (χ4n) is 3.70. The Morgan fingerprint density at radius 2 is 1.59 bits per heavy atom. The number of Topliss-reactive ketones (excluding diaryl/α,β-unsaturated/α-hetero) is 1. The third-order valence-electron chi connectivity index (χ3n) is 5.14. The van der Waals surface area contributed by atoms with Gasteiger partial charge in [0.15, 0.2) is 5.75 Å². The number of aliphatic hydroxyl groups excluding tert-OH is 1. The fourth-order valence-corrected chi connectivity index (χ4v) is 4.34. The second kappa shape index (κ2) is 8.65. The fraction of sp³-hybridized carbons (Fsp3) is 0.0833. The minimum absolute atomic E-state index is 0.130. The number of amides is 1. The number of hydrogen-bond donors (Lipinski definition) is 1. The first kappa shape index (κ1) is 21.9. The third kappa shape index (κ3) is 3.72. The van der Waals surface area contributed by atoms with Crippen molar-refractivity contribution in [3.8, 4) is 5.75 Å². The minimum atomic E-state index is -0.943. The second-order valence-electron chi connectivity index (χ2n) is 7.03. The minimum Gasteiger partial charge on any atom is -0.507 e. The molecule has 8 heteroatoms. The molecule has 32 heavy (non-hydrogen) atoms. The summed E-state index contributed by atoms with van der Waals surface area (Å²) in [4.78, 5) is 27.3. The Kier molecular flexibility index (Phi) is 5.91. The second-order valence-corrected chi connectivity index (χ2v) is 7.84. The molecule has 1 aliphatic heterocycles. The van der Waals surface area contributed by atoms with Gasteiger partial charge in [-0.3, -0.25) is 14.5 Å². The quantitative estimate of drug-likeness (QED) is 0.298. The Balaban J connectivity index is 1.94. The van der Waals surface area contributed by atoms with Crippen LogP contribution in [-0.4, -0.2) is 23.9 Å². The lowest BCUT2D eigenvalue weighted by Crippen LogP contribution is -2.29. The number of carbonyl (C=O) groups excluding carboxylic acids is 2. The Hall–Kier alpha value is -3.35. The maximum atomic E-state index is 13.5. The van der Waals surface area contributed by atoms with Crippen molar-refractivity contribution >= 4 is 46.3 Å². The lowest BCUT2D eigenvalue weighted by atomic mass is 9.95. The molecule has 3 aromatic rings. The molecule has 5 nitrogen and oxygen atoms in total. The number of halogens is 3. The highest BCUT2D eigenvalue weighted by Crippen LogP contribution is 2.43. The summed E-state index contributed by atoms with van der Waals surface area (Å²) in [6.45, 7) is 0. The number of nitrogens with zero attached hydrogens (tertiary/aromatic N) is 1. The highest BCUT2D eigenvalue weighted by atomic mass is 35.5. The maximum Gasteiger partial charge on any atom is 0.300 e. The Morgan fingerprint density at radius 3 is 2.16 bits per heavy atom. The van der Waals surface area contributed by atoms with Crippen LogP contribution in [0.25, 0.3) is 5.76 Å². The van der Waals surface area contributed by atoms with Crippen molar-refractivity contribution in [2.45, 2.75) is 6.04 Å². The number of anilines is 1. The van der Waals surface area contributed by atoms with E-state index in [0.29, 0.717) is 11.3 Å². The van der Waals surface area contributed by atoms with Crippen molar-refractivity contribution in [1.29, 1.82) is 0 Å². The monoisotopic (exact) mass is 471 g/mol. The van der Waals surface area contributed by atoms with E-state index in [4.69, 9.17) is 27.9 Å². The van der Waals surface area contributed by atoms with Gasteiger partial charge in [-0.15, -0.1) is 0 Å². The van der Waals surface area contributed by atoms with Crippen LogP contribution >= 0.6 is 23.2 Å². The van der Waals surface area contributed by atoms with Crippen molar-refractivity contribution < 1.29 is 23.8 Å². The number of ketones is 1. The molecule has 4 rings (SSSR count). The van der Waals surface area contributed by atoms with Gasteiger partial charge in [-0.25, -0.2) is 4.39 Å². The van der Waals surface area contributed by atoms with Crippen molar-refractivity contribution in [2.24, 2.45) is 0 Å². The maximum absolute atomic E-state index is 13.5. The number of rotatable bonds is 4. The molecule has 1 N–H and O–H groups in total. The molecule has 0 aliphatic carbocycles. The van der Waals surface area contributed by atoms with Crippen LogP contribution in [0.4, 0.5) is 10.1 Å². The number of ether oxygens (including phenoxy) is 1. The zero-order valence-corrected chi connectivity index (χ0v) is 18.2. The predicted octanol–water partition coefficient (Wildman–Crippen LogP) is 5.77. The topological polar surface area (TPSA) is 66.8 Å². The molecule has 1 saturated heterocycles. The summed E-state index contributed by atoms with van der Waals surface area (Å²) >= 11 is 12.4. The molecule has 1 unspecified atom stereocenters. The lowest BCUT2D eigenvalue weighted by Gasteiger charge is -2.25. The molecule has 0 saturated carbocycles. The van der Waals surface area contributed by atoms with Crippen LogP contribution in [0.2, 0.25) is 10.0 Å². The highest BCUT2D eigenvalue weighted by Gasteiger charge is 2.47. The Bertz CT molecular complexity index is 1220. The molecule has 1 fully saturated rings. The number of aliphatic hydroxyl groups is 1. The van der Waals surface area contributed by atoms with Crippen LogP contribution in [0.1, 0.15) is 17.2 Å². The standard InChI is InChI=1S/C24H16Cl2FNO4/c1-32-23-17(25)11-14(12-18(23)26)21(29)19-20(13-5-3-2-4-6-13)28(24(31)22(19)30)16-9-7-15(27)8-10-16/h2-12,20,29H,1H3/b21-19+. The SMILES string of the molecule is COc1c(Cl)cc(/C(O)=C2\C(=O)C(=O)N(c3ccc(F)cc3)C2c2ccccc2)cc1Cl. The molecule has 0 radical (unpaired) electrons. The normalized spacial score (nSPS) is 17.6. The van der Waals surface area contributed by atoms with Crippen LogP contribution in [0, 0.1) is 5.82 Å². The summed E-state index contributed by atoms with van der Waals surface area (Å²) in [5.41, 5.74) is 0.914. The van der Waals surface area contributed by atoms with E-state index < -0.39 is 29.3 Å². The van der Waals surface area contributed by atoms with E-state index in [2.05, 4.69) is 0 Å². The zero-order chi connectivity index (χ0) is 23.0. The molecule has 1 heterocycles. The van der Waals surface area contributed by atoms with Crippen molar-refractivity contribution in [3.05, 3.63) is 99.3 Å². The van der Waals surface area contributed by atoms with E-state index in [9.17, 15) is 19.1 Å². The third-order valence-corrected chi connectivity index (χ3v) is 5.70. The van der Waals surface area contributed by atoms with Crippen molar-refractivity contribution in [2.75, 3.05) is 12.0 Å². The Morgan fingerprint density at radius 1 is 1.00 bits per heavy atom. The average Bonchev–Trinajstić information content (AvgIpc) is 3.05. The largest absolute Gasteiger partial charge is 0.507 e. The molecule has 1 aliphatic rings. The first-order valence-corrected chi connectivity index (χ1v) is 10.2. The van der Waals surface area contributed by atoms with Crippen LogP contribution in [-0.2, 0) is 9.59 Å². The van der Waals surface area contributed by atoms with Crippen LogP contribution < -0.4 is 9.64 Å². The molecule has 1 atom stereocenters. The summed E-state index contributed by atoms with van der Waals surface area (Å²) in [6.07, 6.45) is 0. The summed E-state index contributed by atoms with van der Waals surface area (Å²) in [5, 5.41) is 11.4. The molecule has 0 aromatic heterocycles. The van der Waals surface area contributed by atoms with Gasteiger partial charge in [0.25, 0.3) is 11.7 Å². The van der Waals surface area contributed by atoms with Crippen LogP contribution in [0.5, 0.6) is 5.75 Å². The van der Waals surface area contributed by atoms with E-state index in [1.165, 1.54) is 48.4 Å². The van der Waals surface area contributed by atoms with E-state index >= 15 is 0 Å². The van der Waals surface area contributed by atoms with Gasteiger partial charge in [-0.2, -0.15) is 0 Å². The summed E-state index contributed by atoms with van der Waals surface area (Å²) in [6, 6.07) is 15.8. The van der Waals surface area contributed by atoms with E-state index in [1.807, 2.05) is 0 Å². The molecule has 3 aromatic carbocycles. The van der Waals surface area contributed by atoms with E-state index in [0.717, 1.165) is 0 Å². The molecular weight excluding hydrogens is 456 g/mol. The zero-order valence-electron chi connectivity index (χ0n) is 16.7. The highest BCUT2D eigenvalue weighted by molar-refractivity contribution is 6.51. The number of methoxy groups -OCH3 is 1. The summed E-state index contributed by atoms with van der Waals surface area (Å²) in [5.74, 6) is -2.44.